The van der Waals surface area contributed by atoms with Crippen molar-refractivity contribution < 1.29 is 4.42 Å². The lowest BCUT2D eigenvalue weighted by Crippen LogP contribution is -2.09. The van der Waals surface area contributed by atoms with Crippen LogP contribution in [0.25, 0.3) is 87.9 Å². The molecule has 3 heteroatoms. The molecule has 1 aromatic heterocycles. The maximum absolute atomic E-state index is 6.20. The Morgan fingerprint density at radius 1 is 0.339 bits per heavy atom. The van der Waals surface area contributed by atoms with Gasteiger partial charge in [0.1, 0.15) is 5.52 Å². The summed E-state index contributed by atoms with van der Waals surface area (Å²) in [5.74, 6) is 0.638. The van der Waals surface area contributed by atoms with Gasteiger partial charge in [0.05, 0.1) is 0 Å². The summed E-state index contributed by atoms with van der Waals surface area (Å²) in [4.78, 5) is 7.28. The number of anilines is 3. The first-order valence-electron chi connectivity index (χ1n) is 19.0. The number of fused-ring (bicyclic) bond motifs is 7. The third-order valence-corrected chi connectivity index (χ3v) is 11.0. The Morgan fingerprint density at radius 3 is 1.75 bits per heavy atom. The average molecular weight is 715 g/mol. The van der Waals surface area contributed by atoms with E-state index in [2.05, 4.69) is 175 Å². The zero-order valence-corrected chi connectivity index (χ0v) is 30.4. The van der Waals surface area contributed by atoms with Crippen molar-refractivity contribution in [3.05, 3.63) is 206 Å². The molecule has 0 radical (unpaired) electrons. The number of nitrogens with zero attached hydrogens (tertiary/aromatic N) is 2. The van der Waals surface area contributed by atoms with Gasteiger partial charge >= 0.3 is 0 Å². The Hall–Kier alpha value is -7.49. The quantitative estimate of drug-likeness (QED) is 0.161. The van der Waals surface area contributed by atoms with Gasteiger partial charge in [-0.05, 0) is 133 Å². The molecule has 11 aromatic rings. The van der Waals surface area contributed by atoms with Gasteiger partial charge in [-0.15, -0.1) is 0 Å². The molecule has 0 unspecified atom stereocenters. The molecule has 56 heavy (non-hydrogen) atoms. The molecule has 0 N–H and O–H groups in total. The van der Waals surface area contributed by atoms with Crippen LogP contribution in [0.4, 0.5) is 17.1 Å². The highest BCUT2D eigenvalue weighted by atomic mass is 16.3. The van der Waals surface area contributed by atoms with Crippen LogP contribution in [-0.4, -0.2) is 4.98 Å². The van der Waals surface area contributed by atoms with Crippen LogP contribution in [0.15, 0.2) is 211 Å². The summed E-state index contributed by atoms with van der Waals surface area (Å²) < 4.78 is 6.20. The first kappa shape index (κ1) is 32.0. The molecule has 0 spiro atoms. The van der Waals surface area contributed by atoms with Crippen LogP contribution in [0.1, 0.15) is 0 Å². The number of para-hydroxylation sites is 1. The SMILES string of the molecule is c1ccc(-c2nc3c(ccc4ccc(-c5ccc6cc(N(c7ccccc7)c7ccc(-c8cc9ccccc9c9ccccc89)cc7)ccc6c5)cc43)o2)cc1. The van der Waals surface area contributed by atoms with Crippen LogP contribution < -0.4 is 4.90 Å². The zero-order valence-electron chi connectivity index (χ0n) is 30.4. The minimum atomic E-state index is 0.638. The van der Waals surface area contributed by atoms with Gasteiger partial charge in [-0.3, -0.25) is 0 Å². The summed E-state index contributed by atoms with van der Waals surface area (Å²) in [6.45, 7) is 0. The summed E-state index contributed by atoms with van der Waals surface area (Å²) in [6, 6.07) is 73.7. The largest absolute Gasteiger partial charge is 0.436 e. The van der Waals surface area contributed by atoms with Crippen LogP contribution in [0.2, 0.25) is 0 Å². The van der Waals surface area contributed by atoms with E-state index in [0.717, 1.165) is 55.6 Å². The summed E-state index contributed by atoms with van der Waals surface area (Å²) in [6.07, 6.45) is 0. The standard InChI is InChI=1S/C53H34N2O/c1-3-11-37(12-4-1)53-54-52-50-33-41(20-19-36(50)26-30-51(52)56-53)38-21-22-40-32-45(29-25-39(40)31-38)55(43-14-5-2-6-15-43)44-27-23-35(24-28-44)49-34-42-13-7-8-16-46(42)47-17-9-10-18-48(47)49/h1-34H. The lowest BCUT2D eigenvalue weighted by molar-refractivity contribution is 0.620. The molecular weight excluding hydrogens is 681 g/mol. The number of hydrogen-bond acceptors (Lipinski definition) is 3. The van der Waals surface area contributed by atoms with Gasteiger partial charge in [0.15, 0.2) is 5.58 Å². The molecule has 0 aliphatic rings. The lowest BCUT2D eigenvalue weighted by atomic mass is 9.93. The second kappa shape index (κ2) is 13.1. The van der Waals surface area contributed by atoms with Crippen LogP contribution in [0.5, 0.6) is 0 Å². The van der Waals surface area contributed by atoms with Crippen molar-refractivity contribution in [2.75, 3.05) is 4.90 Å². The highest BCUT2D eigenvalue weighted by Gasteiger charge is 2.16. The molecule has 1 heterocycles. The number of rotatable bonds is 6. The molecule has 0 fully saturated rings. The third kappa shape index (κ3) is 5.49. The van der Waals surface area contributed by atoms with Gasteiger partial charge in [0, 0.05) is 28.0 Å². The summed E-state index contributed by atoms with van der Waals surface area (Å²) in [5.41, 5.74) is 10.7. The molecule has 0 aliphatic heterocycles. The molecule has 3 nitrogen and oxygen atoms in total. The molecular formula is C53H34N2O. The fraction of sp³-hybridized carbons (Fsp3) is 0. The maximum atomic E-state index is 6.20. The Balaban J connectivity index is 0.957. The number of aromatic nitrogens is 1. The minimum Gasteiger partial charge on any atom is -0.436 e. The van der Waals surface area contributed by atoms with E-state index >= 15 is 0 Å². The predicted octanol–water partition coefficient (Wildman–Crippen LogP) is 14.9. The molecule has 0 aliphatic carbocycles. The normalized spacial score (nSPS) is 11.6. The molecule has 262 valence electrons. The van der Waals surface area contributed by atoms with Gasteiger partial charge in [-0.2, -0.15) is 0 Å². The smallest absolute Gasteiger partial charge is 0.227 e. The van der Waals surface area contributed by atoms with Crippen molar-refractivity contribution in [3.8, 4) is 33.7 Å². The van der Waals surface area contributed by atoms with Crippen LogP contribution in [0, 0.1) is 0 Å². The highest BCUT2D eigenvalue weighted by molar-refractivity contribution is 6.14. The van der Waals surface area contributed by atoms with Crippen molar-refractivity contribution in [2.45, 2.75) is 0 Å². The van der Waals surface area contributed by atoms with Crippen molar-refractivity contribution in [3.63, 3.8) is 0 Å². The van der Waals surface area contributed by atoms with E-state index in [9.17, 15) is 0 Å². The van der Waals surface area contributed by atoms with Gasteiger partial charge in [-0.1, -0.05) is 133 Å². The molecule has 0 saturated carbocycles. The van der Waals surface area contributed by atoms with Crippen LogP contribution in [-0.2, 0) is 0 Å². The summed E-state index contributed by atoms with van der Waals surface area (Å²) in [7, 11) is 0. The van der Waals surface area contributed by atoms with Crippen molar-refractivity contribution in [1.29, 1.82) is 0 Å². The average Bonchev–Trinajstić information content (AvgIpc) is 3.72. The highest BCUT2D eigenvalue weighted by Crippen LogP contribution is 2.40. The van der Waals surface area contributed by atoms with E-state index < -0.39 is 0 Å². The summed E-state index contributed by atoms with van der Waals surface area (Å²) in [5, 5.41) is 9.66. The predicted molar refractivity (Wildman–Crippen MR) is 235 cm³/mol. The Bertz CT molecular complexity index is 3240. The topological polar surface area (TPSA) is 29.3 Å². The van der Waals surface area contributed by atoms with Crippen molar-refractivity contribution in [1.82, 2.24) is 4.98 Å². The van der Waals surface area contributed by atoms with Crippen LogP contribution >= 0.6 is 0 Å². The zero-order chi connectivity index (χ0) is 37.0. The van der Waals surface area contributed by atoms with E-state index in [1.54, 1.807) is 0 Å². The van der Waals surface area contributed by atoms with Crippen molar-refractivity contribution >= 4 is 71.3 Å². The fourth-order valence-electron chi connectivity index (χ4n) is 8.25. The first-order valence-corrected chi connectivity index (χ1v) is 19.0. The van der Waals surface area contributed by atoms with E-state index in [1.807, 2.05) is 36.4 Å². The second-order valence-corrected chi connectivity index (χ2v) is 14.4. The van der Waals surface area contributed by atoms with Gasteiger partial charge in [-0.25, -0.2) is 4.98 Å². The number of oxazole rings is 1. The number of benzene rings is 10. The van der Waals surface area contributed by atoms with Crippen LogP contribution in [0.3, 0.4) is 0 Å². The van der Waals surface area contributed by atoms with Crippen molar-refractivity contribution in [2.24, 2.45) is 0 Å². The fourth-order valence-corrected chi connectivity index (χ4v) is 8.25. The first-order chi connectivity index (χ1) is 27.7. The molecule has 0 saturated heterocycles. The van der Waals surface area contributed by atoms with E-state index in [1.165, 1.54) is 43.4 Å². The van der Waals surface area contributed by atoms with Gasteiger partial charge < -0.3 is 9.32 Å². The van der Waals surface area contributed by atoms with E-state index in [-0.39, 0.29) is 0 Å². The minimum absolute atomic E-state index is 0.638. The molecule has 11 rings (SSSR count). The summed E-state index contributed by atoms with van der Waals surface area (Å²) >= 11 is 0. The second-order valence-electron chi connectivity index (χ2n) is 14.4. The Labute approximate surface area is 324 Å². The molecule has 0 amide bonds. The third-order valence-electron chi connectivity index (χ3n) is 11.0. The van der Waals surface area contributed by atoms with E-state index in [4.69, 9.17) is 9.40 Å². The van der Waals surface area contributed by atoms with Gasteiger partial charge in [0.2, 0.25) is 5.89 Å². The Morgan fingerprint density at radius 2 is 0.929 bits per heavy atom. The number of hydrogen-bond donors (Lipinski definition) is 0. The van der Waals surface area contributed by atoms with Gasteiger partial charge in [0.25, 0.3) is 0 Å². The maximum Gasteiger partial charge on any atom is 0.227 e. The molecule has 0 bridgehead atoms. The molecule has 0 atom stereocenters. The lowest BCUT2D eigenvalue weighted by Gasteiger charge is -2.26. The Kier molecular flexibility index (Phi) is 7.49. The monoisotopic (exact) mass is 714 g/mol. The van der Waals surface area contributed by atoms with E-state index in [0.29, 0.717) is 5.89 Å². The molecule has 10 aromatic carbocycles.